The molecule has 0 aliphatic heterocycles. The summed E-state index contributed by atoms with van der Waals surface area (Å²) in [6, 6.07) is 0. The first-order valence-corrected chi connectivity index (χ1v) is 7.36. The lowest BCUT2D eigenvalue weighted by Crippen LogP contribution is -2.32. The Morgan fingerprint density at radius 3 is 2.79 bits per heavy atom. The van der Waals surface area contributed by atoms with Crippen LogP contribution in [0.15, 0.2) is 0 Å². The lowest BCUT2D eigenvalue weighted by Gasteiger charge is -2.16. The molecular formula is C13H23N3O2S. The minimum absolute atomic E-state index is 0.0653. The van der Waals surface area contributed by atoms with E-state index in [1.807, 2.05) is 18.9 Å². The van der Waals surface area contributed by atoms with Crippen LogP contribution in [-0.2, 0) is 11.2 Å². The van der Waals surface area contributed by atoms with E-state index in [1.54, 1.807) is 6.92 Å². The first kappa shape index (κ1) is 16.1. The van der Waals surface area contributed by atoms with Crippen LogP contribution in [0, 0.1) is 6.92 Å². The van der Waals surface area contributed by atoms with Gasteiger partial charge >= 0.3 is 0 Å². The molecule has 1 aromatic rings. The van der Waals surface area contributed by atoms with Crippen molar-refractivity contribution in [3.8, 4) is 0 Å². The molecule has 1 unspecified atom stereocenters. The Morgan fingerprint density at radius 2 is 2.26 bits per heavy atom. The number of aromatic nitrogens is 1. The highest BCUT2D eigenvalue weighted by molar-refractivity contribution is 7.15. The summed E-state index contributed by atoms with van der Waals surface area (Å²) in [6.45, 7) is 6.83. The highest BCUT2D eigenvalue weighted by Crippen LogP contribution is 2.22. The van der Waals surface area contributed by atoms with Crippen molar-refractivity contribution >= 4 is 22.4 Å². The quantitative estimate of drug-likeness (QED) is 0.799. The van der Waals surface area contributed by atoms with E-state index < -0.39 is 0 Å². The minimum atomic E-state index is -0.334. The molecule has 1 rings (SSSR count). The fourth-order valence-electron chi connectivity index (χ4n) is 1.70. The Hall–Kier alpha value is -0.980. The molecule has 0 aliphatic rings. The Kier molecular flexibility index (Phi) is 6.41. The number of hydrogen-bond donors (Lipinski definition) is 2. The topological polar surface area (TPSA) is 65.5 Å². The molecule has 0 aliphatic carbocycles. The van der Waals surface area contributed by atoms with Crippen LogP contribution in [0.3, 0.4) is 0 Å². The number of nitrogens with one attached hydrogen (secondary N) is 1. The van der Waals surface area contributed by atoms with Gasteiger partial charge in [0.25, 0.3) is 0 Å². The molecule has 0 aromatic carbocycles. The summed E-state index contributed by atoms with van der Waals surface area (Å²) >= 11 is 1.51. The Balaban J connectivity index is 2.41. The maximum absolute atomic E-state index is 11.8. The first-order chi connectivity index (χ1) is 8.92. The molecule has 0 bridgehead atoms. The first-order valence-electron chi connectivity index (χ1n) is 6.55. The molecule has 1 atom stereocenters. The van der Waals surface area contributed by atoms with Gasteiger partial charge in [0.15, 0.2) is 5.13 Å². The van der Waals surface area contributed by atoms with E-state index in [1.165, 1.54) is 11.3 Å². The number of aliphatic hydroxyl groups excluding tert-OH is 1. The zero-order valence-corrected chi connectivity index (χ0v) is 12.9. The Labute approximate surface area is 118 Å². The average Bonchev–Trinajstić information content (AvgIpc) is 2.66. The monoisotopic (exact) mass is 285 g/mol. The predicted octanol–water partition coefficient (Wildman–Crippen LogP) is 1.66. The number of likely N-dealkylation sites (N-methyl/N-ethyl adjacent to an activating group) is 1. The molecule has 0 spiro atoms. The van der Waals surface area contributed by atoms with Crippen molar-refractivity contribution in [3.05, 3.63) is 10.6 Å². The van der Waals surface area contributed by atoms with E-state index in [9.17, 15) is 9.90 Å². The zero-order chi connectivity index (χ0) is 14.4. The normalized spacial score (nSPS) is 12.7. The van der Waals surface area contributed by atoms with Gasteiger partial charge in [0.2, 0.25) is 5.91 Å². The number of amides is 1. The molecule has 1 aromatic heterocycles. The second-order valence-corrected chi connectivity index (χ2v) is 6.00. The predicted molar refractivity (Wildman–Crippen MR) is 78.7 cm³/mol. The summed E-state index contributed by atoms with van der Waals surface area (Å²) in [7, 11) is 1.87. The fraction of sp³-hybridized carbons (Fsp3) is 0.692. The molecule has 0 saturated carbocycles. The van der Waals surface area contributed by atoms with Gasteiger partial charge < -0.3 is 10.4 Å². The van der Waals surface area contributed by atoms with Crippen LogP contribution in [0.2, 0.25) is 0 Å². The van der Waals surface area contributed by atoms with Gasteiger partial charge in [0.1, 0.15) is 0 Å². The van der Waals surface area contributed by atoms with Crippen LogP contribution in [0.5, 0.6) is 0 Å². The number of nitrogens with zero attached hydrogens (tertiary/aromatic N) is 2. The van der Waals surface area contributed by atoms with E-state index in [2.05, 4.69) is 17.2 Å². The molecule has 1 amide bonds. The molecule has 0 fully saturated rings. The zero-order valence-electron chi connectivity index (χ0n) is 12.1. The fourth-order valence-corrected chi connectivity index (χ4v) is 2.62. The van der Waals surface area contributed by atoms with Crippen LogP contribution in [0.1, 0.15) is 30.8 Å². The van der Waals surface area contributed by atoms with Crippen molar-refractivity contribution in [2.45, 2.75) is 39.7 Å². The van der Waals surface area contributed by atoms with Gasteiger partial charge in [-0.05, 0) is 33.7 Å². The Bertz CT molecular complexity index is 418. The smallest absolute Gasteiger partial charge is 0.240 e. The standard InChI is InChI=1S/C13H23N3O2S/c1-5-11-10(3)19-13(14-11)15-12(18)8-16(4)7-6-9(2)17/h9,17H,5-8H2,1-4H3,(H,14,15,18). The number of rotatable bonds is 7. The molecule has 19 heavy (non-hydrogen) atoms. The summed E-state index contributed by atoms with van der Waals surface area (Å²) in [4.78, 5) is 19.3. The Morgan fingerprint density at radius 1 is 1.58 bits per heavy atom. The maximum atomic E-state index is 11.8. The minimum Gasteiger partial charge on any atom is -0.393 e. The third-order valence-electron chi connectivity index (χ3n) is 2.82. The molecule has 1 heterocycles. The molecule has 6 heteroatoms. The summed E-state index contributed by atoms with van der Waals surface area (Å²) in [5.41, 5.74) is 1.04. The van der Waals surface area contributed by atoms with Crippen molar-refractivity contribution < 1.29 is 9.90 Å². The summed E-state index contributed by atoms with van der Waals surface area (Å²) in [5, 5.41) is 12.7. The van der Waals surface area contributed by atoms with Crippen molar-refractivity contribution in [2.24, 2.45) is 0 Å². The van der Waals surface area contributed by atoms with Crippen molar-refractivity contribution in [3.63, 3.8) is 0 Å². The number of anilines is 1. The van der Waals surface area contributed by atoms with Gasteiger partial charge in [0, 0.05) is 11.4 Å². The number of aliphatic hydroxyl groups is 1. The molecule has 108 valence electrons. The van der Waals surface area contributed by atoms with E-state index in [0.717, 1.165) is 17.0 Å². The summed E-state index contributed by atoms with van der Waals surface area (Å²) < 4.78 is 0. The van der Waals surface area contributed by atoms with Gasteiger partial charge in [-0.2, -0.15) is 0 Å². The third kappa shape index (κ3) is 5.67. The van der Waals surface area contributed by atoms with Crippen molar-refractivity contribution in [2.75, 3.05) is 25.5 Å². The van der Waals surface area contributed by atoms with Crippen molar-refractivity contribution in [1.82, 2.24) is 9.88 Å². The molecular weight excluding hydrogens is 262 g/mol. The maximum Gasteiger partial charge on any atom is 0.240 e. The lowest BCUT2D eigenvalue weighted by atomic mass is 10.3. The molecule has 2 N–H and O–H groups in total. The van der Waals surface area contributed by atoms with E-state index >= 15 is 0 Å². The van der Waals surface area contributed by atoms with E-state index in [0.29, 0.717) is 24.6 Å². The van der Waals surface area contributed by atoms with Gasteiger partial charge in [-0.15, -0.1) is 11.3 Å². The van der Waals surface area contributed by atoms with Crippen LogP contribution in [0.25, 0.3) is 0 Å². The van der Waals surface area contributed by atoms with Crippen LogP contribution in [-0.4, -0.2) is 47.1 Å². The second kappa shape index (κ2) is 7.57. The second-order valence-electron chi connectivity index (χ2n) is 4.80. The van der Waals surface area contributed by atoms with Crippen LogP contribution < -0.4 is 5.32 Å². The molecule has 0 radical (unpaired) electrons. The average molecular weight is 285 g/mol. The number of carbonyl (C=O) groups excluding carboxylic acids is 1. The van der Waals surface area contributed by atoms with Gasteiger partial charge in [0.05, 0.1) is 18.3 Å². The van der Waals surface area contributed by atoms with Gasteiger partial charge in [-0.3, -0.25) is 9.69 Å². The highest BCUT2D eigenvalue weighted by Gasteiger charge is 2.11. The summed E-state index contributed by atoms with van der Waals surface area (Å²) in [6.07, 6.45) is 1.21. The summed E-state index contributed by atoms with van der Waals surface area (Å²) in [5.74, 6) is -0.0653. The van der Waals surface area contributed by atoms with E-state index in [-0.39, 0.29) is 12.0 Å². The number of carbonyl (C=O) groups is 1. The largest absolute Gasteiger partial charge is 0.393 e. The van der Waals surface area contributed by atoms with Gasteiger partial charge in [-0.25, -0.2) is 4.98 Å². The molecule has 5 nitrogen and oxygen atoms in total. The van der Waals surface area contributed by atoms with Crippen LogP contribution >= 0.6 is 11.3 Å². The van der Waals surface area contributed by atoms with Gasteiger partial charge in [-0.1, -0.05) is 6.92 Å². The SMILES string of the molecule is CCc1nc(NC(=O)CN(C)CCC(C)O)sc1C. The number of aryl methyl sites for hydroxylation is 2. The van der Waals surface area contributed by atoms with Crippen molar-refractivity contribution in [1.29, 1.82) is 0 Å². The third-order valence-corrected chi connectivity index (χ3v) is 3.74. The lowest BCUT2D eigenvalue weighted by molar-refractivity contribution is -0.117. The van der Waals surface area contributed by atoms with Crippen LogP contribution in [0.4, 0.5) is 5.13 Å². The number of hydrogen-bond acceptors (Lipinski definition) is 5. The highest BCUT2D eigenvalue weighted by atomic mass is 32.1. The number of thiazole rings is 1. The van der Waals surface area contributed by atoms with E-state index in [4.69, 9.17) is 0 Å². The molecule has 0 saturated heterocycles.